The van der Waals surface area contributed by atoms with E-state index < -0.39 is 13.7 Å². The number of nitrogens with zero attached hydrogens (tertiary/aromatic N) is 1. The lowest BCUT2D eigenvalue weighted by Gasteiger charge is -2.43. The van der Waals surface area contributed by atoms with Crippen molar-refractivity contribution in [2.75, 3.05) is 13.2 Å². The summed E-state index contributed by atoms with van der Waals surface area (Å²) in [6, 6.07) is 40.6. The molecule has 6 rings (SSSR count). The molecule has 5 heteroatoms. The van der Waals surface area contributed by atoms with Gasteiger partial charge in [0.2, 0.25) is 5.91 Å². The standard InChI is InChI=1S/C42H48N2O2Si/c1-5-42(28-17-30-44(40(42)45)32-33-18-9-6-10-19-33)29-26-39-37(36-24-15-16-25-38(36)43-39)27-31-46-47(41(2,3)4,34-20-11-7-12-21-34)35-22-13-8-14-23-35/h6-16,18-26,29,43H,5,17,27-28,30-32H2,1-4H3/b29-26+. The molecule has 1 saturated heterocycles. The normalized spacial score (nSPS) is 17.5. The summed E-state index contributed by atoms with van der Waals surface area (Å²) in [5, 5.41) is 3.71. The Morgan fingerprint density at radius 1 is 0.851 bits per heavy atom. The van der Waals surface area contributed by atoms with Gasteiger partial charge in [-0.2, -0.15) is 0 Å². The number of amides is 1. The lowest BCUT2D eigenvalue weighted by Crippen LogP contribution is -2.66. The largest absolute Gasteiger partial charge is 0.407 e. The lowest BCUT2D eigenvalue weighted by atomic mass is 9.76. The molecule has 0 saturated carbocycles. The Bertz CT molecular complexity index is 1770. The smallest absolute Gasteiger partial charge is 0.261 e. The number of carbonyl (C=O) groups is 1. The molecule has 1 aliphatic heterocycles. The molecule has 1 amide bonds. The first-order valence-electron chi connectivity index (χ1n) is 17.1. The Labute approximate surface area is 281 Å². The number of fused-ring (bicyclic) bond motifs is 1. The van der Waals surface area contributed by atoms with Crippen molar-refractivity contribution >= 4 is 41.6 Å². The number of nitrogens with one attached hydrogen (secondary N) is 1. The highest BCUT2D eigenvalue weighted by molar-refractivity contribution is 6.99. The third-order valence-corrected chi connectivity index (χ3v) is 15.2. The van der Waals surface area contributed by atoms with E-state index in [1.165, 1.54) is 26.9 Å². The number of carbonyl (C=O) groups excluding carboxylic acids is 1. The lowest BCUT2D eigenvalue weighted by molar-refractivity contribution is -0.144. The molecular weight excluding hydrogens is 593 g/mol. The predicted molar refractivity (Wildman–Crippen MR) is 198 cm³/mol. The molecule has 2 heterocycles. The second-order valence-corrected chi connectivity index (χ2v) is 18.3. The zero-order valence-corrected chi connectivity index (χ0v) is 29.3. The summed E-state index contributed by atoms with van der Waals surface area (Å²) >= 11 is 0. The number of hydrogen-bond acceptors (Lipinski definition) is 2. The van der Waals surface area contributed by atoms with Crippen LogP contribution in [0.1, 0.15) is 63.8 Å². The fraction of sp³-hybridized carbons (Fsp3) is 0.310. The average molecular weight is 641 g/mol. The molecule has 0 aliphatic carbocycles. The summed E-state index contributed by atoms with van der Waals surface area (Å²) in [6.07, 6.45) is 7.80. The van der Waals surface area contributed by atoms with Crippen LogP contribution >= 0.6 is 0 Å². The number of aromatic nitrogens is 1. The highest BCUT2D eigenvalue weighted by Crippen LogP contribution is 2.39. The van der Waals surface area contributed by atoms with Crippen LogP contribution in [0.15, 0.2) is 121 Å². The van der Waals surface area contributed by atoms with Gasteiger partial charge in [0, 0.05) is 36.3 Å². The number of piperidine rings is 1. The van der Waals surface area contributed by atoms with Crippen LogP contribution in [-0.4, -0.2) is 37.3 Å². The van der Waals surface area contributed by atoms with Crippen LogP contribution in [-0.2, 0) is 22.2 Å². The first-order valence-corrected chi connectivity index (χ1v) is 19.1. The predicted octanol–water partition coefficient (Wildman–Crippen LogP) is 8.52. The zero-order chi connectivity index (χ0) is 32.9. The van der Waals surface area contributed by atoms with Crippen LogP contribution < -0.4 is 10.4 Å². The van der Waals surface area contributed by atoms with E-state index in [0.717, 1.165) is 43.4 Å². The van der Waals surface area contributed by atoms with E-state index in [1.54, 1.807) is 0 Å². The van der Waals surface area contributed by atoms with Crippen molar-refractivity contribution in [1.82, 2.24) is 9.88 Å². The van der Waals surface area contributed by atoms with Gasteiger partial charge in [0.1, 0.15) is 0 Å². The highest BCUT2D eigenvalue weighted by atomic mass is 28.4. The monoisotopic (exact) mass is 640 g/mol. The minimum absolute atomic E-state index is 0.0842. The minimum Gasteiger partial charge on any atom is -0.407 e. The number of rotatable bonds is 11. The topological polar surface area (TPSA) is 45.3 Å². The molecule has 1 aliphatic rings. The van der Waals surface area contributed by atoms with Gasteiger partial charge in [-0.1, -0.05) is 143 Å². The van der Waals surface area contributed by atoms with Crippen LogP contribution in [0, 0.1) is 5.41 Å². The molecule has 1 N–H and O–H groups in total. The first kappa shape index (κ1) is 32.7. The fourth-order valence-electron chi connectivity index (χ4n) is 7.61. The van der Waals surface area contributed by atoms with E-state index in [0.29, 0.717) is 13.2 Å². The number of H-pyrrole nitrogens is 1. The maximum absolute atomic E-state index is 14.1. The quantitative estimate of drug-likeness (QED) is 0.147. The number of benzene rings is 4. The molecule has 0 radical (unpaired) electrons. The molecule has 0 spiro atoms. The van der Waals surface area contributed by atoms with Crippen LogP contribution in [0.5, 0.6) is 0 Å². The van der Waals surface area contributed by atoms with Gasteiger partial charge >= 0.3 is 0 Å². The number of aromatic amines is 1. The molecule has 1 atom stereocenters. The van der Waals surface area contributed by atoms with Crippen molar-refractivity contribution in [3.05, 3.63) is 138 Å². The number of hydrogen-bond donors (Lipinski definition) is 1. The number of para-hydroxylation sites is 1. The third kappa shape index (κ3) is 6.52. The van der Waals surface area contributed by atoms with Gasteiger partial charge in [0.15, 0.2) is 0 Å². The molecule has 1 aromatic heterocycles. The molecule has 242 valence electrons. The van der Waals surface area contributed by atoms with Crippen LogP contribution in [0.25, 0.3) is 17.0 Å². The summed E-state index contributed by atoms with van der Waals surface area (Å²) < 4.78 is 7.31. The molecule has 4 nitrogen and oxygen atoms in total. The van der Waals surface area contributed by atoms with Gasteiger partial charge in [-0.25, -0.2) is 0 Å². The van der Waals surface area contributed by atoms with Crippen LogP contribution in [0.2, 0.25) is 5.04 Å². The Morgan fingerprint density at radius 2 is 1.45 bits per heavy atom. The second-order valence-electron chi connectivity index (χ2n) is 14.0. The Hall–Kier alpha value is -4.19. The highest BCUT2D eigenvalue weighted by Gasteiger charge is 2.50. The minimum atomic E-state index is -2.66. The Balaban J connectivity index is 1.31. The molecule has 0 bridgehead atoms. The van der Waals surface area contributed by atoms with Crippen molar-refractivity contribution in [2.45, 2.75) is 65.0 Å². The van der Waals surface area contributed by atoms with Crippen molar-refractivity contribution in [3.8, 4) is 0 Å². The van der Waals surface area contributed by atoms with Crippen LogP contribution in [0.3, 0.4) is 0 Å². The van der Waals surface area contributed by atoms with Gasteiger partial charge in [-0.05, 0) is 64.4 Å². The molecule has 47 heavy (non-hydrogen) atoms. The van der Waals surface area contributed by atoms with E-state index in [2.05, 4.69) is 147 Å². The van der Waals surface area contributed by atoms with Crippen molar-refractivity contribution in [3.63, 3.8) is 0 Å². The molecule has 1 unspecified atom stereocenters. The zero-order valence-electron chi connectivity index (χ0n) is 28.3. The SMILES string of the molecule is CCC1(/C=C/c2[nH]c3ccccc3c2CCO[Si](c2ccccc2)(c2ccccc2)C(C)(C)C)CCCN(Cc2ccccc2)C1=O. The molecular formula is C42H48N2O2Si. The van der Waals surface area contributed by atoms with E-state index in [-0.39, 0.29) is 10.9 Å². The Morgan fingerprint density at radius 3 is 2.06 bits per heavy atom. The molecule has 5 aromatic rings. The van der Waals surface area contributed by atoms with E-state index in [4.69, 9.17) is 4.43 Å². The third-order valence-electron chi connectivity index (χ3n) is 10.1. The van der Waals surface area contributed by atoms with Crippen molar-refractivity contribution < 1.29 is 9.22 Å². The maximum Gasteiger partial charge on any atom is 0.261 e. The van der Waals surface area contributed by atoms with Gasteiger partial charge in [-0.15, -0.1) is 0 Å². The van der Waals surface area contributed by atoms with E-state index in [9.17, 15) is 4.79 Å². The van der Waals surface area contributed by atoms with Gasteiger partial charge in [0.25, 0.3) is 8.32 Å². The van der Waals surface area contributed by atoms with E-state index >= 15 is 0 Å². The molecule has 1 fully saturated rings. The van der Waals surface area contributed by atoms with Gasteiger partial charge < -0.3 is 14.3 Å². The summed E-state index contributed by atoms with van der Waals surface area (Å²) in [6.45, 7) is 11.2. The maximum atomic E-state index is 14.1. The van der Waals surface area contributed by atoms with Gasteiger partial charge in [0.05, 0.1) is 5.41 Å². The molecule has 4 aromatic carbocycles. The average Bonchev–Trinajstić information content (AvgIpc) is 3.45. The number of likely N-dealkylation sites (tertiary alicyclic amines) is 1. The van der Waals surface area contributed by atoms with E-state index in [1.807, 2.05) is 18.2 Å². The second kappa shape index (κ2) is 13.9. The fourth-order valence-corrected chi connectivity index (χ4v) is 12.2. The van der Waals surface area contributed by atoms with Crippen LogP contribution in [0.4, 0.5) is 0 Å². The van der Waals surface area contributed by atoms with Crippen molar-refractivity contribution in [2.24, 2.45) is 5.41 Å². The Kier molecular flexibility index (Phi) is 9.67. The van der Waals surface area contributed by atoms with Gasteiger partial charge in [-0.3, -0.25) is 4.79 Å². The first-order chi connectivity index (χ1) is 22.8. The summed E-state index contributed by atoms with van der Waals surface area (Å²) in [4.78, 5) is 19.8. The van der Waals surface area contributed by atoms with Crippen molar-refractivity contribution in [1.29, 1.82) is 0 Å². The summed E-state index contributed by atoms with van der Waals surface area (Å²) in [7, 11) is -2.66. The summed E-state index contributed by atoms with van der Waals surface area (Å²) in [5.74, 6) is 0.235. The summed E-state index contributed by atoms with van der Waals surface area (Å²) in [5.41, 5.74) is 4.09.